The number of anilines is 1. The lowest BCUT2D eigenvalue weighted by molar-refractivity contribution is -0.136. The summed E-state index contributed by atoms with van der Waals surface area (Å²) in [4.78, 5) is 11.0. The van der Waals surface area contributed by atoms with Crippen LogP contribution in [-0.4, -0.2) is 19.6 Å². The van der Waals surface area contributed by atoms with E-state index in [0.717, 1.165) is 7.11 Å². The Morgan fingerprint density at radius 3 is 1.95 bits per heavy atom. The van der Waals surface area contributed by atoms with E-state index in [0.29, 0.717) is 0 Å². The van der Waals surface area contributed by atoms with Gasteiger partial charge in [0.2, 0.25) is 5.82 Å². The maximum Gasteiger partial charge on any atom is 0.333 e. The molecule has 0 aliphatic carbocycles. The molecule has 1 rings (SSSR count). The molecule has 0 atom stereocenters. The highest BCUT2D eigenvalue weighted by atomic mass is 19.2. The molecule has 0 bridgehead atoms. The second-order valence-electron chi connectivity index (χ2n) is 3.70. The van der Waals surface area contributed by atoms with Gasteiger partial charge < -0.3 is 10.1 Å². The summed E-state index contributed by atoms with van der Waals surface area (Å²) in [6, 6.07) is 0. The van der Waals surface area contributed by atoms with Crippen LogP contribution in [0.1, 0.15) is 6.92 Å². The normalized spacial score (nSPS) is 11.4. The number of methoxy groups -OCH3 is 1. The second-order valence-corrected chi connectivity index (χ2v) is 3.70. The molecule has 0 saturated carbocycles. The summed E-state index contributed by atoms with van der Waals surface area (Å²) in [6.07, 6.45) is 1.18. The minimum Gasteiger partial charge on any atom is -0.466 e. The Hall–Kier alpha value is -2.12. The highest BCUT2D eigenvalue weighted by molar-refractivity contribution is 5.87. The zero-order valence-electron chi connectivity index (χ0n) is 10.5. The van der Waals surface area contributed by atoms with E-state index in [2.05, 4.69) is 4.74 Å². The number of nitrogens with one attached hydrogen (secondary N) is 1. The third-order valence-electron chi connectivity index (χ3n) is 2.40. The van der Waals surface area contributed by atoms with Crippen molar-refractivity contribution in [2.75, 3.05) is 19.0 Å². The molecule has 0 saturated heterocycles. The molecule has 20 heavy (non-hydrogen) atoms. The number of benzene rings is 1. The second kappa shape index (κ2) is 6.36. The first-order chi connectivity index (χ1) is 9.31. The Morgan fingerprint density at radius 1 is 1.05 bits per heavy atom. The number of hydrogen-bond acceptors (Lipinski definition) is 3. The van der Waals surface area contributed by atoms with Crippen LogP contribution in [-0.2, 0) is 9.53 Å². The molecule has 8 heteroatoms. The molecular weight excluding hydrogens is 285 g/mol. The van der Waals surface area contributed by atoms with Gasteiger partial charge in [-0.25, -0.2) is 26.7 Å². The SMILES string of the molecule is COC(=O)C(C)=CCNc1c(F)c(F)c(F)c(F)c1F. The quantitative estimate of drug-likeness (QED) is 0.305. The fraction of sp³-hybridized carbons (Fsp3) is 0.250. The van der Waals surface area contributed by atoms with Crippen molar-refractivity contribution >= 4 is 11.7 Å². The zero-order valence-corrected chi connectivity index (χ0v) is 10.5. The number of ether oxygens (including phenoxy) is 1. The Balaban J connectivity index is 2.98. The van der Waals surface area contributed by atoms with E-state index >= 15 is 0 Å². The van der Waals surface area contributed by atoms with Crippen molar-refractivity contribution in [3.8, 4) is 0 Å². The van der Waals surface area contributed by atoms with Crippen LogP contribution >= 0.6 is 0 Å². The van der Waals surface area contributed by atoms with E-state index in [-0.39, 0.29) is 12.1 Å². The van der Waals surface area contributed by atoms with Crippen molar-refractivity contribution in [1.82, 2.24) is 0 Å². The van der Waals surface area contributed by atoms with Crippen LogP contribution in [0.15, 0.2) is 11.6 Å². The number of halogens is 5. The van der Waals surface area contributed by atoms with Crippen molar-refractivity contribution in [3.63, 3.8) is 0 Å². The van der Waals surface area contributed by atoms with Gasteiger partial charge in [-0.05, 0) is 6.92 Å². The molecule has 0 spiro atoms. The van der Waals surface area contributed by atoms with E-state index < -0.39 is 40.7 Å². The predicted octanol–water partition coefficient (Wildman–Crippen LogP) is 2.91. The van der Waals surface area contributed by atoms with Crippen molar-refractivity contribution in [1.29, 1.82) is 0 Å². The van der Waals surface area contributed by atoms with Crippen LogP contribution in [0.5, 0.6) is 0 Å². The summed E-state index contributed by atoms with van der Waals surface area (Å²) >= 11 is 0. The molecule has 1 N–H and O–H groups in total. The van der Waals surface area contributed by atoms with Crippen LogP contribution in [0.2, 0.25) is 0 Å². The molecular formula is C12H10F5NO2. The number of carbonyl (C=O) groups excluding carboxylic acids is 1. The molecule has 0 aliphatic heterocycles. The number of esters is 1. The molecule has 110 valence electrons. The summed E-state index contributed by atoms with van der Waals surface area (Å²) in [5, 5.41) is 2.02. The number of carbonyl (C=O) groups is 1. The first-order valence-electron chi connectivity index (χ1n) is 5.31. The third kappa shape index (κ3) is 3.06. The largest absolute Gasteiger partial charge is 0.466 e. The monoisotopic (exact) mass is 295 g/mol. The molecule has 1 aromatic rings. The Morgan fingerprint density at radius 2 is 1.50 bits per heavy atom. The lowest BCUT2D eigenvalue weighted by Crippen LogP contribution is -2.11. The van der Waals surface area contributed by atoms with Crippen LogP contribution in [0, 0.1) is 29.1 Å². The first-order valence-corrected chi connectivity index (χ1v) is 5.31. The zero-order chi connectivity index (χ0) is 15.4. The van der Waals surface area contributed by atoms with E-state index in [1.54, 1.807) is 0 Å². The van der Waals surface area contributed by atoms with Gasteiger partial charge >= 0.3 is 5.97 Å². The van der Waals surface area contributed by atoms with Crippen LogP contribution in [0.3, 0.4) is 0 Å². The van der Waals surface area contributed by atoms with Gasteiger partial charge in [0, 0.05) is 12.1 Å². The summed E-state index contributed by atoms with van der Waals surface area (Å²) in [5.74, 6) is -10.9. The van der Waals surface area contributed by atoms with Gasteiger partial charge in [-0.2, -0.15) is 0 Å². The van der Waals surface area contributed by atoms with Gasteiger partial charge in [-0.3, -0.25) is 0 Å². The standard InChI is InChI=1S/C12H10F5NO2/c1-5(12(19)20-2)3-4-18-11-9(16)7(14)6(13)8(15)10(11)17/h3,18H,4H2,1-2H3. The average molecular weight is 295 g/mol. The molecule has 1 aromatic carbocycles. The smallest absolute Gasteiger partial charge is 0.333 e. The minimum atomic E-state index is -2.23. The van der Waals surface area contributed by atoms with Crippen LogP contribution in [0.4, 0.5) is 27.6 Å². The van der Waals surface area contributed by atoms with E-state index in [1.165, 1.54) is 13.0 Å². The predicted molar refractivity (Wildman–Crippen MR) is 60.5 cm³/mol. The molecule has 3 nitrogen and oxygen atoms in total. The molecule has 0 amide bonds. The van der Waals surface area contributed by atoms with Crippen molar-refractivity contribution in [2.45, 2.75) is 6.92 Å². The Kier molecular flexibility index (Phi) is 5.06. The molecule has 0 unspecified atom stereocenters. The van der Waals surface area contributed by atoms with E-state index in [1.807, 2.05) is 5.32 Å². The highest BCUT2D eigenvalue weighted by Crippen LogP contribution is 2.26. The summed E-state index contributed by atoms with van der Waals surface area (Å²) in [6.45, 7) is 1.05. The van der Waals surface area contributed by atoms with E-state index in [9.17, 15) is 26.7 Å². The van der Waals surface area contributed by atoms with Gasteiger partial charge in [0.05, 0.1) is 7.11 Å². The Labute approximate surface area is 111 Å². The van der Waals surface area contributed by atoms with Crippen molar-refractivity contribution in [3.05, 3.63) is 40.7 Å². The van der Waals surface area contributed by atoms with Crippen molar-refractivity contribution < 1.29 is 31.5 Å². The maximum atomic E-state index is 13.3. The fourth-order valence-electron chi connectivity index (χ4n) is 1.31. The van der Waals surface area contributed by atoms with Crippen molar-refractivity contribution in [2.24, 2.45) is 0 Å². The first kappa shape index (κ1) is 15.9. The molecule has 0 aromatic heterocycles. The topological polar surface area (TPSA) is 38.3 Å². The number of hydrogen-bond donors (Lipinski definition) is 1. The van der Waals surface area contributed by atoms with E-state index in [4.69, 9.17) is 0 Å². The molecule has 0 aliphatic rings. The molecule has 0 radical (unpaired) electrons. The Bertz CT molecular complexity index is 542. The van der Waals surface area contributed by atoms with Gasteiger partial charge in [-0.15, -0.1) is 0 Å². The van der Waals surface area contributed by atoms with Crippen LogP contribution < -0.4 is 5.32 Å². The highest BCUT2D eigenvalue weighted by Gasteiger charge is 2.25. The molecule has 0 fully saturated rings. The summed E-state index contributed by atoms with van der Waals surface area (Å²) in [7, 11) is 1.14. The summed E-state index contributed by atoms with van der Waals surface area (Å²) in [5.41, 5.74) is -1.04. The molecule has 0 heterocycles. The lowest BCUT2D eigenvalue weighted by atomic mass is 10.2. The minimum absolute atomic E-state index is 0.115. The van der Waals surface area contributed by atoms with Gasteiger partial charge in [-0.1, -0.05) is 6.08 Å². The van der Waals surface area contributed by atoms with Gasteiger partial charge in [0.15, 0.2) is 23.3 Å². The average Bonchev–Trinajstić information content (AvgIpc) is 2.45. The van der Waals surface area contributed by atoms with Gasteiger partial charge in [0.1, 0.15) is 5.69 Å². The van der Waals surface area contributed by atoms with Gasteiger partial charge in [0.25, 0.3) is 0 Å². The maximum absolute atomic E-state index is 13.3. The number of rotatable bonds is 4. The fourth-order valence-corrected chi connectivity index (χ4v) is 1.31. The van der Waals surface area contributed by atoms with Crippen LogP contribution in [0.25, 0.3) is 0 Å². The lowest BCUT2D eigenvalue weighted by Gasteiger charge is -2.09. The summed E-state index contributed by atoms with van der Waals surface area (Å²) < 4.78 is 69.4. The third-order valence-corrected chi connectivity index (χ3v) is 2.40.